The average molecular weight is 264 g/mol. The van der Waals surface area contributed by atoms with E-state index in [2.05, 4.69) is 11.4 Å². The zero-order valence-corrected chi connectivity index (χ0v) is 11.8. The summed E-state index contributed by atoms with van der Waals surface area (Å²) in [5.41, 5.74) is 1.34. The second-order valence-electron chi connectivity index (χ2n) is 5.59. The Morgan fingerprint density at radius 1 is 1.32 bits per heavy atom. The van der Waals surface area contributed by atoms with Crippen LogP contribution < -0.4 is 5.32 Å². The maximum absolute atomic E-state index is 12.0. The zero-order chi connectivity index (χ0) is 13.7. The fourth-order valence-corrected chi connectivity index (χ4v) is 2.84. The van der Waals surface area contributed by atoms with Gasteiger partial charge in [0.15, 0.2) is 0 Å². The molecular formula is C15H24N2O2. The molecule has 1 aliphatic carbocycles. The molecule has 0 bridgehead atoms. The lowest BCUT2D eigenvalue weighted by Gasteiger charge is -2.27. The minimum absolute atomic E-state index is 0.0331. The van der Waals surface area contributed by atoms with Crippen LogP contribution in [0.25, 0.3) is 0 Å². The van der Waals surface area contributed by atoms with Gasteiger partial charge in [-0.05, 0) is 45.4 Å². The molecule has 1 aliphatic heterocycles. The summed E-state index contributed by atoms with van der Waals surface area (Å²) in [7, 11) is 0. The van der Waals surface area contributed by atoms with Gasteiger partial charge >= 0.3 is 0 Å². The van der Waals surface area contributed by atoms with E-state index >= 15 is 0 Å². The first-order chi connectivity index (χ1) is 9.16. The molecule has 2 amide bonds. The van der Waals surface area contributed by atoms with Gasteiger partial charge < -0.3 is 10.2 Å². The molecule has 0 unspecified atom stereocenters. The van der Waals surface area contributed by atoms with Gasteiger partial charge in [0.2, 0.25) is 11.8 Å². The monoisotopic (exact) mass is 264 g/mol. The molecule has 0 spiro atoms. The molecule has 1 N–H and O–H groups in total. The summed E-state index contributed by atoms with van der Waals surface area (Å²) in [4.78, 5) is 25.3. The van der Waals surface area contributed by atoms with Crippen molar-refractivity contribution in [3.05, 3.63) is 11.6 Å². The minimum atomic E-state index is -0.0331. The number of nitrogens with zero attached hydrogens (tertiary/aromatic N) is 1. The molecule has 1 fully saturated rings. The van der Waals surface area contributed by atoms with Crippen LogP contribution in [-0.4, -0.2) is 35.8 Å². The van der Waals surface area contributed by atoms with Gasteiger partial charge in [0.1, 0.15) is 0 Å². The van der Waals surface area contributed by atoms with E-state index in [1.54, 1.807) is 4.90 Å². The Labute approximate surface area is 115 Å². The first-order valence-corrected chi connectivity index (χ1v) is 7.43. The first-order valence-electron chi connectivity index (χ1n) is 7.43. The van der Waals surface area contributed by atoms with E-state index in [0.29, 0.717) is 6.42 Å². The Morgan fingerprint density at radius 3 is 2.79 bits per heavy atom. The van der Waals surface area contributed by atoms with Crippen LogP contribution in [0.3, 0.4) is 0 Å². The lowest BCUT2D eigenvalue weighted by Crippen LogP contribution is -2.45. The lowest BCUT2D eigenvalue weighted by atomic mass is 9.95. The minimum Gasteiger partial charge on any atom is -0.348 e. The van der Waals surface area contributed by atoms with Crippen molar-refractivity contribution in [1.82, 2.24) is 10.2 Å². The molecule has 0 aromatic carbocycles. The fraction of sp³-hybridized carbons (Fsp3) is 0.733. The Balaban J connectivity index is 1.80. The predicted octanol–water partition coefficient (Wildman–Crippen LogP) is 2.00. The van der Waals surface area contributed by atoms with Crippen LogP contribution in [0.1, 0.15) is 51.9 Å². The summed E-state index contributed by atoms with van der Waals surface area (Å²) in [5.74, 6) is 0.0835. The number of carbonyl (C=O) groups excluding carboxylic acids is 2. The molecule has 4 heteroatoms. The predicted molar refractivity (Wildman–Crippen MR) is 74.6 cm³/mol. The van der Waals surface area contributed by atoms with Crippen molar-refractivity contribution in [3.8, 4) is 0 Å². The Hall–Kier alpha value is -1.32. The van der Waals surface area contributed by atoms with Crippen LogP contribution in [-0.2, 0) is 9.59 Å². The number of carbonyl (C=O) groups is 2. The third-order valence-electron chi connectivity index (χ3n) is 4.02. The van der Waals surface area contributed by atoms with Gasteiger partial charge in [-0.3, -0.25) is 9.59 Å². The molecule has 1 saturated heterocycles. The molecule has 0 radical (unpaired) electrons. The molecule has 1 atom stereocenters. The summed E-state index contributed by atoms with van der Waals surface area (Å²) in [6.45, 7) is 2.98. The van der Waals surface area contributed by atoms with Crippen molar-refractivity contribution < 1.29 is 9.59 Å². The smallest absolute Gasteiger partial charge is 0.240 e. The van der Waals surface area contributed by atoms with Gasteiger partial charge in [-0.2, -0.15) is 0 Å². The highest BCUT2D eigenvalue weighted by atomic mass is 16.2. The highest BCUT2D eigenvalue weighted by Crippen LogP contribution is 2.20. The molecule has 0 saturated carbocycles. The number of amides is 2. The molecule has 4 nitrogen and oxygen atoms in total. The van der Waals surface area contributed by atoms with Crippen LogP contribution in [0, 0.1) is 0 Å². The van der Waals surface area contributed by atoms with Crippen molar-refractivity contribution in [3.63, 3.8) is 0 Å². The van der Waals surface area contributed by atoms with E-state index in [1.807, 2.05) is 6.92 Å². The van der Waals surface area contributed by atoms with Crippen LogP contribution in [0.15, 0.2) is 11.6 Å². The van der Waals surface area contributed by atoms with Gasteiger partial charge in [-0.25, -0.2) is 0 Å². The highest BCUT2D eigenvalue weighted by Gasteiger charge is 2.21. The van der Waals surface area contributed by atoms with Gasteiger partial charge in [0, 0.05) is 19.0 Å². The second kappa shape index (κ2) is 6.73. The molecule has 2 aliphatic rings. The number of allylic oxidation sites excluding steroid dienone is 1. The van der Waals surface area contributed by atoms with Crippen molar-refractivity contribution in [2.45, 2.75) is 57.9 Å². The van der Waals surface area contributed by atoms with Crippen molar-refractivity contribution in [1.29, 1.82) is 0 Å². The Bertz CT molecular complexity index is 376. The molecule has 106 valence electrons. The van der Waals surface area contributed by atoms with E-state index in [0.717, 1.165) is 32.2 Å². The summed E-state index contributed by atoms with van der Waals surface area (Å²) < 4.78 is 0. The normalized spacial score (nSPS) is 21.8. The molecule has 19 heavy (non-hydrogen) atoms. The first kappa shape index (κ1) is 14.1. The summed E-state index contributed by atoms with van der Waals surface area (Å²) in [6, 6.07) is 0.104. The molecule has 1 heterocycles. The molecule has 0 aromatic rings. The Morgan fingerprint density at radius 2 is 2.11 bits per heavy atom. The van der Waals surface area contributed by atoms with Gasteiger partial charge in [0.25, 0.3) is 0 Å². The summed E-state index contributed by atoms with van der Waals surface area (Å²) >= 11 is 0. The quantitative estimate of drug-likeness (QED) is 0.790. The number of likely N-dealkylation sites (tertiary alicyclic amines) is 1. The SMILES string of the molecule is C[C@@H](NC(=O)CN1CCCCC1=O)C1=CCCCC1. The van der Waals surface area contributed by atoms with Crippen LogP contribution >= 0.6 is 0 Å². The summed E-state index contributed by atoms with van der Waals surface area (Å²) in [6.07, 6.45) is 9.50. The zero-order valence-electron chi connectivity index (χ0n) is 11.8. The lowest BCUT2D eigenvalue weighted by molar-refractivity contribution is -0.137. The highest BCUT2D eigenvalue weighted by molar-refractivity contribution is 5.85. The van der Waals surface area contributed by atoms with E-state index < -0.39 is 0 Å². The topological polar surface area (TPSA) is 49.4 Å². The van der Waals surface area contributed by atoms with Gasteiger partial charge in [0.05, 0.1) is 6.54 Å². The third-order valence-corrected chi connectivity index (χ3v) is 4.02. The van der Waals surface area contributed by atoms with Gasteiger partial charge in [-0.15, -0.1) is 0 Å². The van der Waals surface area contributed by atoms with Crippen LogP contribution in [0.2, 0.25) is 0 Å². The van der Waals surface area contributed by atoms with Crippen molar-refractivity contribution in [2.24, 2.45) is 0 Å². The maximum atomic E-state index is 12.0. The maximum Gasteiger partial charge on any atom is 0.240 e. The van der Waals surface area contributed by atoms with Crippen LogP contribution in [0.4, 0.5) is 0 Å². The molecule has 0 aromatic heterocycles. The van der Waals surface area contributed by atoms with Crippen LogP contribution in [0.5, 0.6) is 0 Å². The standard InChI is InChI=1S/C15H24N2O2/c1-12(13-7-3-2-4-8-13)16-14(18)11-17-10-6-5-9-15(17)19/h7,12H,2-6,8-11H2,1H3,(H,16,18)/t12-/m1/s1. The molecule has 2 rings (SSSR count). The van der Waals surface area contributed by atoms with Crippen molar-refractivity contribution >= 4 is 11.8 Å². The number of nitrogens with one attached hydrogen (secondary N) is 1. The fourth-order valence-electron chi connectivity index (χ4n) is 2.84. The second-order valence-corrected chi connectivity index (χ2v) is 5.59. The van der Waals surface area contributed by atoms with Gasteiger partial charge in [-0.1, -0.05) is 11.6 Å². The summed E-state index contributed by atoms with van der Waals surface area (Å²) in [5, 5.41) is 3.02. The Kier molecular flexibility index (Phi) is 5.00. The van der Waals surface area contributed by atoms with Crippen molar-refractivity contribution in [2.75, 3.05) is 13.1 Å². The number of piperidine rings is 1. The van der Waals surface area contributed by atoms with E-state index in [4.69, 9.17) is 0 Å². The number of hydrogen-bond donors (Lipinski definition) is 1. The van der Waals surface area contributed by atoms with E-state index in [9.17, 15) is 9.59 Å². The third kappa shape index (κ3) is 4.08. The number of rotatable bonds is 4. The largest absolute Gasteiger partial charge is 0.348 e. The van der Waals surface area contributed by atoms with E-state index in [-0.39, 0.29) is 24.4 Å². The molecular weight excluding hydrogens is 240 g/mol. The van der Waals surface area contributed by atoms with E-state index in [1.165, 1.54) is 18.4 Å². The average Bonchev–Trinajstić information content (AvgIpc) is 2.42. The number of hydrogen-bond acceptors (Lipinski definition) is 2.